The van der Waals surface area contributed by atoms with Crippen molar-refractivity contribution in [3.05, 3.63) is 114 Å². The molecule has 2 heterocycles. The lowest BCUT2D eigenvalue weighted by Crippen LogP contribution is -2.11. The Balaban J connectivity index is 1.32. The third-order valence-corrected chi connectivity index (χ3v) is 5.92. The molecule has 0 fully saturated rings. The SMILES string of the molecule is O=C(Nc1cccc(-c2csc(-c3ccccn3)n2)c1)c1ccc(-c2ccccc2)cc1. The van der Waals surface area contributed by atoms with Gasteiger partial charge >= 0.3 is 0 Å². The summed E-state index contributed by atoms with van der Waals surface area (Å²) in [6, 6.07) is 31.3. The minimum Gasteiger partial charge on any atom is -0.322 e. The number of aromatic nitrogens is 2. The largest absolute Gasteiger partial charge is 0.322 e. The maximum Gasteiger partial charge on any atom is 0.255 e. The van der Waals surface area contributed by atoms with Crippen molar-refractivity contribution >= 4 is 22.9 Å². The summed E-state index contributed by atoms with van der Waals surface area (Å²) in [5.41, 5.74) is 6.21. The summed E-state index contributed by atoms with van der Waals surface area (Å²) in [4.78, 5) is 21.8. The number of carbonyl (C=O) groups is 1. The molecular weight excluding hydrogens is 414 g/mol. The number of nitrogens with one attached hydrogen (secondary N) is 1. The Bertz CT molecular complexity index is 1350. The monoisotopic (exact) mass is 433 g/mol. The molecule has 0 unspecified atom stereocenters. The molecule has 2 aromatic heterocycles. The number of hydrogen-bond acceptors (Lipinski definition) is 4. The summed E-state index contributed by atoms with van der Waals surface area (Å²) in [6.07, 6.45) is 1.76. The molecule has 0 aliphatic carbocycles. The average Bonchev–Trinajstić information content (AvgIpc) is 3.36. The first-order valence-corrected chi connectivity index (χ1v) is 11.1. The summed E-state index contributed by atoms with van der Waals surface area (Å²) in [6.45, 7) is 0. The van der Waals surface area contributed by atoms with Gasteiger partial charge in [0.2, 0.25) is 0 Å². The van der Waals surface area contributed by atoms with E-state index >= 15 is 0 Å². The van der Waals surface area contributed by atoms with Crippen LogP contribution in [0.1, 0.15) is 10.4 Å². The zero-order valence-corrected chi connectivity index (χ0v) is 17.9. The molecule has 5 aromatic rings. The Morgan fingerprint density at radius 2 is 1.47 bits per heavy atom. The van der Waals surface area contributed by atoms with Gasteiger partial charge in [0.15, 0.2) is 0 Å². The van der Waals surface area contributed by atoms with Crippen LogP contribution < -0.4 is 5.32 Å². The topological polar surface area (TPSA) is 54.9 Å². The van der Waals surface area contributed by atoms with Crippen molar-refractivity contribution in [1.82, 2.24) is 9.97 Å². The Labute approximate surface area is 190 Å². The highest BCUT2D eigenvalue weighted by Crippen LogP contribution is 2.29. The van der Waals surface area contributed by atoms with Crippen LogP contribution >= 0.6 is 11.3 Å². The number of amides is 1. The number of pyridine rings is 1. The smallest absolute Gasteiger partial charge is 0.255 e. The van der Waals surface area contributed by atoms with Crippen molar-refractivity contribution in [3.63, 3.8) is 0 Å². The molecule has 4 nitrogen and oxygen atoms in total. The van der Waals surface area contributed by atoms with Crippen molar-refractivity contribution in [3.8, 4) is 33.1 Å². The highest BCUT2D eigenvalue weighted by atomic mass is 32.1. The first-order valence-electron chi connectivity index (χ1n) is 10.2. The fourth-order valence-electron chi connectivity index (χ4n) is 3.42. The minimum atomic E-state index is -0.144. The molecule has 0 aliphatic rings. The number of anilines is 1. The molecule has 5 rings (SSSR count). The zero-order chi connectivity index (χ0) is 21.8. The first kappa shape index (κ1) is 19.8. The molecule has 32 heavy (non-hydrogen) atoms. The van der Waals surface area contributed by atoms with Crippen LogP contribution in [0.25, 0.3) is 33.1 Å². The summed E-state index contributed by atoms with van der Waals surface area (Å²) in [5, 5.41) is 5.87. The van der Waals surface area contributed by atoms with Crippen molar-refractivity contribution < 1.29 is 4.79 Å². The molecule has 0 bridgehead atoms. The molecule has 0 spiro atoms. The predicted octanol–water partition coefficient (Wildman–Crippen LogP) is 6.79. The number of thiazole rings is 1. The maximum atomic E-state index is 12.8. The molecule has 3 aromatic carbocycles. The first-order chi connectivity index (χ1) is 15.8. The standard InChI is InChI=1S/C27H19N3OS/c31-26(21-14-12-20(13-15-21)19-7-2-1-3-8-19)29-23-10-6-9-22(17-23)25-18-32-27(30-25)24-11-4-5-16-28-24/h1-18H,(H,29,31). The van der Waals surface area contributed by atoms with Crippen LogP contribution in [0.15, 0.2) is 109 Å². The zero-order valence-electron chi connectivity index (χ0n) is 17.1. The summed E-state index contributed by atoms with van der Waals surface area (Å²) < 4.78 is 0. The van der Waals surface area contributed by atoms with Crippen LogP contribution in [0.2, 0.25) is 0 Å². The van der Waals surface area contributed by atoms with Crippen LogP contribution in [0.5, 0.6) is 0 Å². The van der Waals surface area contributed by atoms with Crippen LogP contribution in [-0.4, -0.2) is 15.9 Å². The fraction of sp³-hybridized carbons (Fsp3) is 0. The second-order valence-corrected chi connectivity index (χ2v) is 8.09. The van der Waals surface area contributed by atoms with Gasteiger partial charge in [-0.15, -0.1) is 11.3 Å². The van der Waals surface area contributed by atoms with Crippen LogP contribution in [0, 0.1) is 0 Å². The van der Waals surface area contributed by atoms with E-state index in [4.69, 9.17) is 4.98 Å². The molecule has 154 valence electrons. The van der Waals surface area contributed by atoms with Gasteiger partial charge in [-0.25, -0.2) is 4.98 Å². The number of benzene rings is 3. The van der Waals surface area contributed by atoms with E-state index in [0.29, 0.717) is 5.56 Å². The molecule has 5 heteroatoms. The third kappa shape index (κ3) is 4.33. The Hall–Kier alpha value is -4.09. The van der Waals surface area contributed by atoms with Gasteiger partial charge in [-0.3, -0.25) is 9.78 Å². The fourth-order valence-corrected chi connectivity index (χ4v) is 4.22. The summed E-state index contributed by atoms with van der Waals surface area (Å²) >= 11 is 1.55. The van der Waals surface area contributed by atoms with E-state index in [1.165, 1.54) is 0 Å². The molecule has 0 radical (unpaired) electrons. The maximum absolute atomic E-state index is 12.8. The van der Waals surface area contributed by atoms with E-state index in [0.717, 1.165) is 38.8 Å². The van der Waals surface area contributed by atoms with Crippen molar-refractivity contribution in [2.45, 2.75) is 0 Å². The number of hydrogen-bond donors (Lipinski definition) is 1. The quantitative estimate of drug-likeness (QED) is 0.332. The number of nitrogens with zero attached hydrogens (tertiary/aromatic N) is 2. The van der Waals surface area contributed by atoms with Crippen molar-refractivity contribution in [2.75, 3.05) is 5.32 Å². The lowest BCUT2D eigenvalue weighted by atomic mass is 10.0. The van der Waals surface area contributed by atoms with E-state index in [1.54, 1.807) is 17.5 Å². The number of rotatable bonds is 5. The van der Waals surface area contributed by atoms with Crippen molar-refractivity contribution in [2.24, 2.45) is 0 Å². The normalized spacial score (nSPS) is 10.6. The second kappa shape index (κ2) is 8.96. The minimum absolute atomic E-state index is 0.144. The van der Waals surface area contributed by atoms with Crippen LogP contribution in [0.3, 0.4) is 0 Å². The lowest BCUT2D eigenvalue weighted by molar-refractivity contribution is 0.102. The van der Waals surface area contributed by atoms with E-state index < -0.39 is 0 Å². The Kier molecular flexibility index (Phi) is 5.56. The Morgan fingerprint density at radius 3 is 2.25 bits per heavy atom. The predicted molar refractivity (Wildman–Crippen MR) is 131 cm³/mol. The van der Waals surface area contributed by atoms with Gasteiger partial charge in [-0.2, -0.15) is 0 Å². The van der Waals surface area contributed by atoms with E-state index in [1.807, 2.05) is 90.3 Å². The van der Waals surface area contributed by atoms with Gasteiger partial charge in [0.05, 0.1) is 11.4 Å². The second-order valence-electron chi connectivity index (χ2n) is 7.23. The highest BCUT2D eigenvalue weighted by molar-refractivity contribution is 7.13. The molecule has 1 N–H and O–H groups in total. The molecular formula is C27H19N3OS. The highest BCUT2D eigenvalue weighted by Gasteiger charge is 2.10. The summed E-state index contributed by atoms with van der Waals surface area (Å²) in [7, 11) is 0. The van der Waals surface area contributed by atoms with Gasteiger partial charge in [0, 0.05) is 28.4 Å². The van der Waals surface area contributed by atoms with Crippen LogP contribution in [0.4, 0.5) is 5.69 Å². The van der Waals surface area contributed by atoms with Crippen LogP contribution in [-0.2, 0) is 0 Å². The molecule has 0 saturated heterocycles. The van der Waals surface area contributed by atoms with Gasteiger partial charge < -0.3 is 5.32 Å². The van der Waals surface area contributed by atoms with Gasteiger partial charge in [-0.05, 0) is 47.5 Å². The average molecular weight is 434 g/mol. The lowest BCUT2D eigenvalue weighted by Gasteiger charge is -2.08. The molecule has 0 saturated carbocycles. The number of carbonyl (C=O) groups excluding carboxylic acids is 1. The van der Waals surface area contributed by atoms with E-state index in [9.17, 15) is 4.79 Å². The van der Waals surface area contributed by atoms with E-state index in [-0.39, 0.29) is 5.91 Å². The van der Waals surface area contributed by atoms with Gasteiger partial charge in [-0.1, -0.05) is 60.7 Å². The van der Waals surface area contributed by atoms with Gasteiger partial charge in [0.25, 0.3) is 5.91 Å². The summed E-state index contributed by atoms with van der Waals surface area (Å²) in [5.74, 6) is -0.144. The molecule has 0 aliphatic heterocycles. The Morgan fingerprint density at radius 1 is 0.719 bits per heavy atom. The van der Waals surface area contributed by atoms with Gasteiger partial charge in [0.1, 0.15) is 5.01 Å². The van der Waals surface area contributed by atoms with Crippen molar-refractivity contribution in [1.29, 1.82) is 0 Å². The third-order valence-electron chi connectivity index (χ3n) is 5.06. The van der Waals surface area contributed by atoms with E-state index in [2.05, 4.69) is 22.4 Å². The molecule has 1 amide bonds. The molecule has 0 atom stereocenters.